The van der Waals surface area contributed by atoms with Crippen LogP contribution in [0.3, 0.4) is 0 Å². The van der Waals surface area contributed by atoms with E-state index in [0.29, 0.717) is 17.2 Å². The Labute approximate surface area is 189 Å². The molecule has 0 aliphatic carbocycles. The number of carbonyl (C=O) groups excluding carboxylic acids is 1. The number of rotatable bonds is 10. The molecule has 1 fully saturated rings. The molecule has 8 heteroatoms. The number of hydrazine groups is 1. The number of piperazine rings is 1. The smallest absolute Gasteiger partial charge is 0.275 e. The van der Waals surface area contributed by atoms with Crippen LogP contribution in [-0.4, -0.2) is 87.3 Å². The molecule has 1 aromatic heterocycles. The standard InChI is InChI=1S/C23H34N4O3S/c1-5-26(6-2)15-16-30-19-8-7-18(17-20(19)29-4)21-9-10-22(31-21)23(28)24-27-13-11-25(3)12-14-27/h7-10,17H,5-6,11-16H2,1-4H3,(H,24,28). The molecule has 170 valence electrons. The van der Waals surface area contributed by atoms with Crippen LogP contribution in [0.25, 0.3) is 10.4 Å². The van der Waals surface area contributed by atoms with Gasteiger partial charge in [0.2, 0.25) is 0 Å². The maximum absolute atomic E-state index is 12.6. The number of methoxy groups -OCH3 is 1. The van der Waals surface area contributed by atoms with Gasteiger partial charge in [0, 0.05) is 37.6 Å². The molecule has 0 spiro atoms. The molecule has 0 radical (unpaired) electrons. The number of thiophene rings is 1. The van der Waals surface area contributed by atoms with Crippen LogP contribution in [0.4, 0.5) is 0 Å². The fourth-order valence-electron chi connectivity index (χ4n) is 3.50. The summed E-state index contributed by atoms with van der Waals surface area (Å²) in [4.78, 5) is 18.9. The van der Waals surface area contributed by atoms with Crippen LogP contribution >= 0.6 is 11.3 Å². The summed E-state index contributed by atoms with van der Waals surface area (Å²) in [5.74, 6) is 1.39. The molecule has 1 aliphatic heterocycles. The molecule has 7 nitrogen and oxygen atoms in total. The summed E-state index contributed by atoms with van der Waals surface area (Å²) >= 11 is 1.48. The highest BCUT2D eigenvalue weighted by atomic mass is 32.1. The van der Waals surface area contributed by atoms with Crippen LogP contribution in [0.2, 0.25) is 0 Å². The first-order valence-corrected chi connectivity index (χ1v) is 11.7. The van der Waals surface area contributed by atoms with Gasteiger partial charge in [-0.1, -0.05) is 13.8 Å². The van der Waals surface area contributed by atoms with E-state index in [0.717, 1.165) is 62.0 Å². The molecule has 2 aromatic rings. The van der Waals surface area contributed by atoms with Crippen molar-refractivity contribution < 1.29 is 14.3 Å². The lowest BCUT2D eigenvalue weighted by molar-refractivity contribution is 0.0666. The second-order valence-electron chi connectivity index (χ2n) is 7.64. The second-order valence-corrected chi connectivity index (χ2v) is 8.72. The van der Waals surface area contributed by atoms with Gasteiger partial charge in [0.25, 0.3) is 5.91 Å². The highest BCUT2D eigenvalue weighted by Gasteiger charge is 2.18. The van der Waals surface area contributed by atoms with Gasteiger partial charge >= 0.3 is 0 Å². The van der Waals surface area contributed by atoms with E-state index >= 15 is 0 Å². The highest BCUT2D eigenvalue weighted by Crippen LogP contribution is 2.35. The zero-order valence-corrected chi connectivity index (χ0v) is 19.8. The van der Waals surface area contributed by atoms with Crippen molar-refractivity contribution in [3.05, 3.63) is 35.2 Å². The van der Waals surface area contributed by atoms with Crippen molar-refractivity contribution in [1.29, 1.82) is 0 Å². The molecule has 0 bridgehead atoms. The van der Waals surface area contributed by atoms with E-state index < -0.39 is 0 Å². The summed E-state index contributed by atoms with van der Waals surface area (Å²) in [5, 5.41) is 2.00. The molecule has 3 rings (SSSR count). The maximum Gasteiger partial charge on any atom is 0.275 e. The van der Waals surface area contributed by atoms with Crippen molar-refractivity contribution in [2.75, 3.05) is 66.6 Å². The number of benzene rings is 1. The SMILES string of the molecule is CCN(CC)CCOc1ccc(-c2ccc(C(=O)NN3CCN(C)CC3)s2)cc1OC. The minimum Gasteiger partial charge on any atom is -0.493 e. The summed E-state index contributed by atoms with van der Waals surface area (Å²) in [6.45, 7) is 11.4. The predicted octanol–water partition coefficient (Wildman–Crippen LogP) is 3.04. The predicted molar refractivity (Wildman–Crippen MR) is 126 cm³/mol. The Morgan fingerprint density at radius 1 is 1.10 bits per heavy atom. The molecule has 0 saturated carbocycles. The second kappa shape index (κ2) is 11.5. The maximum atomic E-state index is 12.6. The summed E-state index contributed by atoms with van der Waals surface area (Å²) in [7, 11) is 3.75. The third kappa shape index (κ3) is 6.43. The highest BCUT2D eigenvalue weighted by molar-refractivity contribution is 7.17. The zero-order valence-electron chi connectivity index (χ0n) is 19.0. The number of amides is 1. The van der Waals surface area contributed by atoms with Crippen molar-refractivity contribution in [3.63, 3.8) is 0 Å². The molecule has 0 atom stereocenters. The number of ether oxygens (including phenoxy) is 2. The Bertz CT molecular complexity index is 845. The number of likely N-dealkylation sites (N-methyl/N-ethyl adjacent to an activating group) is 2. The molecule has 1 saturated heterocycles. The Morgan fingerprint density at radius 2 is 1.84 bits per heavy atom. The Kier molecular flexibility index (Phi) is 8.71. The van der Waals surface area contributed by atoms with Crippen LogP contribution < -0.4 is 14.9 Å². The van der Waals surface area contributed by atoms with Crippen LogP contribution in [0.1, 0.15) is 23.5 Å². The average molecular weight is 447 g/mol. The van der Waals surface area contributed by atoms with Gasteiger partial charge in [-0.2, -0.15) is 0 Å². The summed E-state index contributed by atoms with van der Waals surface area (Å²) in [6.07, 6.45) is 0. The molecule has 1 aliphatic rings. The van der Waals surface area contributed by atoms with Crippen LogP contribution in [-0.2, 0) is 0 Å². The van der Waals surface area contributed by atoms with Crippen molar-refractivity contribution in [2.45, 2.75) is 13.8 Å². The van der Waals surface area contributed by atoms with Crippen molar-refractivity contribution >= 4 is 17.2 Å². The lowest BCUT2D eigenvalue weighted by Crippen LogP contribution is -2.52. The van der Waals surface area contributed by atoms with Crippen LogP contribution in [0, 0.1) is 0 Å². The molecular weight excluding hydrogens is 412 g/mol. The van der Waals surface area contributed by atoms with Gasteiger partial charge in [0.1, 0.15) is 6.61 Å². The van der Waals surface area contributed by atoms with E-state index in [-0.39, 0.29) is 5.91 Å². The number of nitrogens with zero attached hydrogens (tertiary/aromatic N) is 3. The zero-order chi connectivity index (χ0) is 22.2. The third-order valence-electron chi connectivity index (χ3n) is 5.60. The van der Waals surface area contributed by atoms with E-state index in [4.69, 9.17) is 9.47 Å². The first-order valence-electron chi connectivity index (χ1n) is 10.9. The van der Waals surface area contributed by atoms with Gasteiger partial charge in [0.05, 0.1) is 12.0 Å². The Hall–Kier alpha value is -2.13. The van der Waals surface area contributed by atoms with Gasteiger partial charge in [0.15, 0.2) is 11.5 Å². The van der Waals surface area contributed by atoms with Crippen LogP contribution in [0.5, 0.6) is 11.5 Å². The van der Waals surface area contributed by atoms with Crippen molar-refractivity contribution in [2.24, 2.45) is 0 Å². The number of hydrogen-bond donors (Lipinski definition) is 1. The van der Waals surface area contributed by atoms with Gasteiger partial charge in [-0.05, 0) is 56.0 Å². The van der Waals surface area contributed by atoms with Crippen molar-refractivity contribution in [1.82, 2.24) is 20.2 Å². The van der Waals surface area contributed by atoms with Crippen molar-refractivity contribution in [3.8, 4) is 21.9 Å². The van der Waals surface area contributed by atoms with Gasteiger partial charge in [-0.15, -0.1) is 11.3 Å². The fraction of sp³-hybridized carbons (Fsp3) is 0.522. The molecule has 0 unspecified atom stereocenters. The molecule has 1 N–H and O–H groups in total. The number of nitrogens with one attached hydrogen (secondary N) is 1. The summed E-state index contributed by atoms with van der Waals surface area (Å²) in [6, 6.07) is 9.80. The van der Waals surface area contributed by atoms with E-state index in [1.54, 1.807) is 7.11 Å². The third-order valence-corrected chi connectivity index (χ3v) is 6.73. The summed E-state index contributed by atoms with van der Waals surface area (Å²) in [5.41, 5.74) is 4.03. The molecular formula is C23H34N4O3S. The van der Waals surface area contributed by atoms with E-state index in [9.17, 15) is 4.79 Å². The summed E-state index contributed by atoms with van der Waals surface area (Å²) < 4.78 is 11.5. The molecule has 2 heterocycles. The topological polar surface area (TPSA) is 57.3 Å². The molecule has 1 aromatic carbocycles. The lowest BCUT2D eigenvalue weighted by Gasteiger charge is -2.32. The number of carbonyl (C=O) groups is 1. The first-order chi connectivity index (χ1) is 15.0. The minimum absolute atomic E-state index is 0.0517. The molecule has 1 amide bonds. The normalized spacial score (nSPS) is 15.3. The Balaban J connectivity index is 1.62. The Morgan fingerprint density at radius 3 is 2.52 bits per heavy atom. The number of hydrogen-bond acceptors (Lipinski definition) is 7. The van der Waals surface area contributed by atoms with Gasteiger partial charge in [-0.3, -0.25) is 10.2 Å². The lowest BCUT2D eigenvalue weighted by atomic mass is 10.1. The average Bonchev–Trinajstić information content (AvgIpc) is 3.29. The van der Waals surface area contributed by atoms with Gasteiger partial charge < -0.3 is 19.3 Å². The minimum atomic E-state index is -0.0517. The van der Waals surface area contributed by atoms with Crippen LogP contribution in [0.15, 0.2) is 30.3 Å². The molecule has 31 heavy (non-hydrogen) atoms. The monoisotopic (exact) mass is 446 g/mol. The van der Waals surface area contributed by atoms with E-state index in [1.165, 1.54) is 11.3 Å². The van der Waals surface area contributed by atoms with Gasteiger partial charge in [-0.25, -0.2) is 5.01 Å². The first kappa shape index (κ1) is 23.5. The largest absolute Gasteiger partial charge is 0.493 e. The fourth-order valence-corrected chi connectivity index (χ4v) is 4.39. The van der Waals surface area contributed by atoms with E-state index in [2.05, 4.69) is 36.1 Å². The quantitative estimate of drug-likeness (QED) is 0.606. The van der Waals surface area contributed by atoms with E-state index in [1.807, 2.05) is 35.3 Å².